The van der Waals surface area contributed by atoms with Gasteiger partial charge in [-0.3, -0.25) is 9.59 Å². The molecule has 0 aromatic heterocycles. The van der Waals surface area contributed by atoms with Crippen molar-refractivity contribution >= 4 is 17.8 Å². The van der Waals surface area contributed by atoms with E-state index in [2.05, 4.69) is 10.6 Å². The first-order valence-electron chi connectivity index (χ1n) is 13.8. The first-order valence-corrected chi connectivity index (χ1v) is 13.8. The van der Waals surface area contributed by atoms with Crippen molar-refractivity contribution < 1.29 is 49.8 Å². The van der Waals surface area contributed by atoms with Crippen molar-refractivity contribution in [1.82, 2.24) is 15.5 Å². The van der Waals surface area contributed by atoms with Crippen molar-refractivity contribution in [2.24, 2.45) is 0 Å². The number of hydrogen-bond donors (Lipinski definition) is 8. The quantitative estimate of drug-likeness (QED) is 0.152. The molecule has 2 amide bonds. The van der Waals surface area contributed by atoms with Crippen LogP contribution in [-0.4, -0.2) is 115 Å². The van der Waals surface area contributed by atoms with Gasteiger partial charge in [0.2, 0.25) is 17.6 Å². The van der Waals surface area contributed by atoms with Gasteiger partial charge in [0.05, 0.1) is 19.2 Å². The number of carbonyl (C=O) groups excluding carboxylic acids is 2. The number of rotatable bonds is 11. The highest BCUT2D eigenvalue weighted by Gasteiger charge is 2.49. The molecule has 2 aliphatic rings. The molecule has 2 aromatic carbocycles. The molecule has 0 radical (unpaired) electrons. The van der Waals surface area contributed by atoms with Crippen molar-refractivity contribution in [3.05, 3.63) is 65.7 Å². The smallest absolute Gasteiger partial charge is 0.326 e. The third-order valence-electron chi connectivity index (χ3n) is 7.70. The minimum Gasteiger partial charge on any atom is -0.508 e. The summed E-state index contributed by atoms with van der Waals surface area (Å²) in [5.41, 5.74) is 1.37. The van der Waals surface area contributed by atoms with Gasteiger partial charge in [-0.1, -0.05) is 42.5 Å². The van der Waals surface area contributed by atoms with Crippen LogP contribution < -0.4 is 10.6 Å². The van der Waals surface area contributed by atoms with Crippen LogP contribution in [0.4, 0.5) is 0 Å². The zero-order valence-electron chi connectivity index (χ0n) is 22.9. The number of nitrogens with one attached hydrogen (secondary N) is 2. The molecule has 13 heteroatoms. The number of benzene rings is 2. The molecule has 2 aromatic rings. The normalized spacial score (nSPS) is 27.3. The molecule has 13 nitrogen and oxygen atoms in total. The van der Waals surface area contributed by atoms with Gasteiger partial charge in [0.15, 0.2) is 0 Å². The minimum atomic E-state index is -2.32. The minimum absolute atomic E-state index is 0.0231. The van der Waals surface area contributed by atoms with Gasteiger partial charge in [-0.25, -0.2) is 4.79 Å². The highest BCUT2D eigenvalue weighted by molar-refractivity contribution is 5.92. The first kappa shape index (κ1) is 31.3. The molecule has 2 fully saturated rings. The molecule has 4 rings (SSSR count). The number of aliphatic hydroxyl groups is 4. The predicted octanol–water partition coefficient (Wildman–Crippen LogP) is -1.50. The van der Waals surface area contributed by atoms with E-state index in [-0.39, 0.29) is 25.1 Å². The summed E-state index contributed by atoms with van der Waals surface area (Å²) in [7, 11) is 0. The van der Waals surface area contributed by atoms with Crippen molar-refractivity contribution in [2.45, 2.75) is 67.9 Å². The van der Waals surface area contributed by atoms with E-state index in [0.717, 1.165) is 5.56 Å². The van der Waals surface area contributed by atoms with Crippen molar-refractivity contribution in [1.29, 1.82) is 0 Å². The SMILES string of the molecule is O=C(O)[C@H](Cc1ccccc1)NC(=O)[C@@H]1CCCN1C(=O)[C@H](Cc1ccc(O)cc1)NC[C@@]1(O)OC[C@@H](O)[C@@H](O)[C@@H]1O. The standard InChI is InChI=1S/C29H37N3O10/c33-19-10-8-18(9-11-19)13-20(30-16-29(41)25(36)24(35)23(34)15-42-29)27(38)32-12-4-7-22(32)26(37)31-21(28(39)40)14-17-5-2-1-3-6-17/h1-3,5-6,8-11,20-25,30,33-36,41H,4,7,12-16H2,(H,31,37)(H,39,40)/t20-,21-,22-,23+,24+,25-,29+/m0/s1. The summed E-state index contributed by atoms with van der Waals surface area (Å²) in [5.74, 6) is -4.61. The fraction of sp³-hybridized carbons (Fsp3) is 0.483. The van der Waals surface area contributed by atoms with Gasteiger partial charge in [-0.05, 0) is 42.5 Å². The topological polar surface area (TPSA) is 209 Å². The van der Waals surface area contributed by atoms with Gasteiger partial charge in [0.25, 0.3) is 0 Å². The Morgan fingerprint density at radius 3 is 2.29 bits per heavy atom. The van der Waals surface area contributed by atoms with E-state index in [0.29, 0.717) is 18.4 Å². The van der Waals surface area contributed by atoms with Crippen LogP contribution in [0.1, 0.15) is 24.0 Å². The lowest BCUT2D eigenvalue weighted by Gasteiger charge is -2.42. The molecule has 7 atom stereocenters. The van der Waals surface area contributed by atoms with E-state index in [9.17, 15) is 45.0 Å². The molecular weight excluding hydrogens is 550 g/mol. The third-order valence-corrected chi connectivity index (χ3v) is 7.70. The second kappa shape index (κ2) is 13.6. The molecule has 2 aliphatic heterocycles. The molecule has 0 spiro atoms. The van der Waals surface area contributed by atoms with Gasteiger partial charge in [0.1, 0.15) is 36.1 Å². The number of aliphatic hydroxyl groups excluding tert-OH is 3. The maximum atomic E-state index is 13.9. The summed E-state index contributed by atoms with van der Waals surface area (Å²) < 4.78 is 5.21. The number of phenols is 1. The fourth-order valence-electron chi connectivity index (χ4n) is 5.25. The summed E-state index contributed by atoms with van der Waals surface area (Å²) in [6.45, 7) is -0.722. The Balaban J connectivity index is 1.50. The number of amides is 2. The van der Waals surface area contributed by atoms with E-state index < -0.39 is 73.2 Å². The second-order valence-electron chi connectivity index (χ2n) is 10.7. The number of hydrogen-bond acceptors (Lipinski definition) is 10. The van der Waals surface area contributed by atoms with Gasteiger partial charge >= 0.3 is 5.97 Å². The van der Waals surface area contributed by atoms with Crippen molar-refractivity contribution in [3.8, 4) is 5.75 Å². The Morgan fingerprint density at radius 1 is 0.976 bits per heavy atom. The molecule has 0 aliphatic carbocycles. The van der Waals surface area contributed by atoms with Crippen LogP contribution in [0.25, 0.3) is 0 Å². The number of nitrogens with zero attached hydrogens (tertiary/aromatic N) is 1. The van der Waals surface area contributed by atoms with E-state index in [1.807, 2.05) is 0 Å². The van der Waals surface area contributed by atoms with E-state index >= 15 is 0 Å². The Bertz CT molecular complexity index is 1230. The number of likely N-dealkylation sites (tertiary alicyclic amines) is 1. The molecule has 228 valence electrons. The highest BCUT2D eigenvalue weighted by Crippen LogP contribution is 2.25. The summed E-state index contributed by atoms with van der Waals surface area (Å²) in [6, 6.07) is 11.8. The summed E-state index contributed by atoms with van der Waals surface area (Å²) in [5, 5.41) is 65.8. The Hall–Kier alpha value is -3.59. The summed E-state index contributed by atoms with van der Waals surface area (Å²) in [6.07, 6.45) is -4.01. The van der Waals surface area contributed by atoms with Crippen molar-refractivity contribution in [3.63, 3.8) is 0 Å². The zero-order chi connectivity index (χ0) is 30.4. The molecule has 2 heterocycles. The number of carboxylic acid groups (broad SMARTS) is 1. The summed E-state index contributed by atoms with van der Waals surface area (Å²) >= 11 is 0. The van der Waals surface area contributed by atoms with Crippen molar-refractivity contribution in [2.75, 3.05) is 19.7 Å². The van der Waals surface area contributed by atoms with Crippen LogP contribution in [0.5, 0.6) is 5.75 Å². The van der Waals surface area contributed by atoms with E-state index in [1.54, 1.807) is 42.5 Å². The largest absolute Gasteiger partial charge is 0.508 e. The maximum Gasteiger partial charge on any atom is 0.326 e. The molecule has 0 saturated carbocycles. The summed E-state index contributed by atoms with van der Waals surface area (Å²) in [4.78, 5) is 40.4. The monoisotopic (exact) mass is 587 g/mol. The van der Waals surface area contributed by atoms with Crippen LogP contribution in [0.15, 0.2) is 54.6 Å². The first-order chi connectivity index (χ1) is 20.0. The molecule has 42 heavy (non-hydrogen) atoms. The Labute approximate surface area is 242 Å². The van der Waals surface area contributed by atoms with Gasteiger partial charge in [-0.15, -0.1) is 0 Å². The number of carboxylic acids is 1. The number of aromatic hydroxyl groups is 1. The maximum absolute atomic E-state index is 13.9. The average molecular weight is 588 g/mol. The third kappa shape index (κ3) is 7.43. The second-order valence-corrected chi connectivity index (χ2v) is 10.7. The number of ether oxygens (including phenoxy) is 1. The average Bonchev–Trinajstić information content (AvgIpc) is 3.47. The fourth-order valence-corrected chi connectivity index (χ4v) is 5.25. The lowest BCUT2D eigenvalue weighted by Crippen LogP contribution is -2.66. The molecule has 0 unspecified atom stereocenters. The van der Waals surface area contributed by atoms with Gasteiger partial charge < -0.3 is 50.9 Å². The van der Waals surface area contributed by atoms with Crippen LogP contribution in [-0.2, 0) is 32.0 Å². The lowest BCUT2D eigenvalue weighted by molar-refractivity contribution is -0.318. The van der Waals surface area contributed by atoms with Gasteiger partial charge in [-0.2, -0.15) is 0 Å². The van der Waals surface area contributed by atoms with Crippen LogP contribution in [0, 0.1) is 0 Å². The number of carbonyl (C=O) groups is 3. The Morgan fingerprint density at radius 2 is 1.62 bits per heavy atom. The molecule has 2 saturated heterocycles. The highest BCUT2D eigenvalue weighted by atomic mass is 16.6. The van der Waals surface area contributed by atoms with E-state index in [1.165, 1.54) is 17.0 Å². The van der Waals surface area contributed by atoms with Crippen LogP contribution >= 0.6 is 0 Å². The van der Waals surface area contributed by atoms with Crippen LogP contribution in [0.2, 0.25) is 0 Å². The molecule has 8 N–H and O–H groups in total. The lowest BCUT2D eigenvalue weighted by atomic mass is 9.96. The van der Waals surface area contributed by atoms with Crippen LogP contribution in [0.3, 0.4) is 0 Å². The Kier molecular flexibility index (Phi) is 10.1. The predicted molar refractivity (Wildman–Crippen MR) is 147 cm³/mol. The zero-order valence-corrected chi connectivity index (χ0v) is 22.9. The molecule has 0 bridgehead atoms. The molecular formula is C29H37N3O10. The number of aliphatic carboxylic acids is 1. The van der Waals surface area contributed by atoms with E-state index in [4.69, 9.17) is 4.74 Å². The number of phenolic OH excluding ortho intramolecular Hbond substituents is 1. The van der Waals surface area contributed by atoms with Gasteiger partial charge in [0, 0.05) is 13.0 Å².